The maximum atomic E-state index is 1.62. The van der Waals surface area contributed by atoms with Crippen LogP contribution in [0.5, 0.6) is 0 Å². The molecule has 0 spiro atoms. The summed E-state index contributed by atoms with van der Waals surface area (Å²) in [6, 6.07) is 0. The molecule has 0 nitrogen and oxygen atoms in total. The van der Waals surface area contributed by atoms with Crippen molar-refractivity contribution in [2.24, 2.45) is 0 Å². The summed E-state index contributed by atoms with van der Waals surface area (Å²) in [5.41, 5.74) is 1.16. The Morgan fingerprint density at radius 1 is 0.500 bits per heavy atom. The van der Waals surface area contributed by atoms with Crippen molar-refractivity contribution in [1.29, 1.82) is 0 Å². The van der Waals surface area contributed by atoms with Gasteiger partial charge in [-0.05, 0) is 43.7 Å². The minimum absolute atomic E-state index is 0. The highest BCUT2D eigenvalue weighted by Crippen LogP contribution is 2.48. The van der Waals surface area contributed by atoms with E-state index < -0.39 is 0 Å². The molecule has 0 atom stereocenters. The van der Waals surface area contributed by atoms with Gasteiger partial charge >= 0.3 is 0 Å². The molecular formula is C17H35P. The van der Waals surface area contributed by atoms with Crippen LogP contribution < -0.4 is 0 Å². The highest BCUT2D eigenvalue weighted by Gasteiger charge is 2.21. The van der Waals surface area contributed by atoms with Crippen LogP contribution in [-0.2, 0) is 0 Å². The van der Waals surface area contributed by atoms with Gasteiger partial charge in [-0.25, -0.2) is 0 Å². The normalized spacial score (nSPS) is 27.3. The van der Waals surface area contributed by atoms with Crippen molar-refractivity contribution in [3.05, 3.63) is 0 Å². The van der Waals surface area contributed by atoms with Crippen molar-refractivity contribution in [2.45, 2.75) is 95.6 Å². The fourth-order valence-corrected chi connectivity index (χ4v) is 7.10. The molecule has 1 saturated heterocycles. The molecule has 18 heavy (non-hydrogen) atoms. The lowest BCUT2D eigenvalue weighted by atomic mass is 10.1. The van der Waals surface area contributed by atoms with Crippen molar-refractivity contribution in [1.82, 2.24) is 0 Å². The average Bonchev–Trinajstić information content (AvgIpc) is 2.61. The smallest absolute Gasteiger partial charge is 0 e. The molecule has 0 aromatic carbocycles. The van der Waals surface area contributed by atoms with Gasteiger partial charge < -0.3 is 0 Å². The van der Waals surface area contributed by atoms with E-state index in [-0.39, 0.29) is 1.43 Å². The van der Waals surface area contributed by atoms with Gasteiger partial charge in [-0.3, -0.25) is 0 Å². The van der Waals surface area contributed by atoms with E-state index in [4.69, 9.17) is 0 Å². The van der Waals surface area contributed by atoms with Crippen molar-refractivity contribution in [3.8, 4) is 0 Å². The van der Waals surface area contributed by atoms with E-state index >= 15 is 0 Å². The first-order valence-electron chi connectivity index (χ1n) is 8.71. The van der Waals surface area contributed by atoms with Crippen LogP contribution in [0.1, 0.15) is 91.3 Å². The van der Waals surface area contributed by atoms with Crippen LogP contribution >= 0.6 is 7.92 Å². The fourth-order valence-electron chi connectivity index (χ4n) is 3.79. The number of hydrogen-bond donors (Lipinski definition) is 0. The van der Waals surface area contributed by atoms with Gasteiger partial charge in [0.25, 0.3) is 0 Å². The highest BCUT2D eigenvalue weighted by atomic mass is 31.1. The van der Waals surface area contributed by atoms with E-state index in [1.807, 2.05) is 0 Å². The van der Waals surface area contributed by atoms with Crippen LogP contribution in [0.2, 0.25) is 0 Å². The molecule has 2 fully saturated rings. The lowest BCUT2D eigenvalue weighted by Gasteiger charge is -2.27. The maximum Gasteiger partial charge on any atom is 0 e. The number of rotatable bonds is 1. The van der Waals surface area contributed by atoms with E-state index in [1.54, 1.807) is 50.8 Å². The fraction of sp³-hybridized carbons (Fsp3) is 1.00. The Labute approximate surface area is 118 Å². The Bertz CT molecular complexity index is 165. The van der Waals surface area contributed by atoms with Crippen LogP contribution in [0.4, 0.5) is 0 Å². The molecule has 0 radical (unpaired) electrons. The molecule has 0 bridgehead atoms. The summed E-state index contributed by atoms with van der Waals surface area (Å²) in [6.45, 7) is 0. The van der Waals surface area contributed by atoms with Crippen molar-refractivity contribution in [3.63, 3.8) is 0 Å². The van der Waals surface area contributed by atoms with Crippen LogP contribution in [0.15, 0.2) is 0 Å². The van der Waals surface area contributed by atoms with Crippen LogP contribution in [0.25, 0.3) is 0 Å². The van der Waals surface area contributed by atoms with Gasteiger partial charge in [0, 0.05) is 1.43 Å². The zero-order chi connectivity index (χ0) is 12.5. The third-order valence-corrected chi connectivity index (χ3v) is 8.31. The van der Waals surface area contributed by atoms with Gasteiger partial charge in [-0.15, -0.1) is 7.92 Å². The second-order valence-corrected chi connectivity index (χ2v) is 9.31. The predicted octanol–water partition coefficient (Wildman–Crippen LogP) is 6.57. The molecule has 1 heteroatoms. The van der Waals surface area contributed by atoms with Gasteiger partial charge in [-0.2, -0.15) is 0 Å². The minimum atomic E-state index is 0. The first-order valence-corrected chi connectivity index (χ1v) is 10.5. The third kappa shape index (κ3) is 5.60. The Hall–Kier alpha value is 0.430. The molecule has 0 amide bonds. The Kier molecular flexibility index (Phi) is 7.71. The van der Waals surface area contributed by atoms with Crippen LogP contribution in [0.3, 0.4) is 0 Å². The second-order valence-electron chi connectivity index (χ2n) is 6.51. The zero-order valence-electron chi connectivity index (χ0n) is 12.3. The van der Waals surface area contributed by atoms with Gasteiger partial charge in [-0.1, -0.05) is 64.2 Å². The Balaban J connectivity index is 0.00000180. The summed E-state index contributed by atoms with van der Waals surface area (Å²) in [7, 11) is 0.409. The van der Waals surface area contributed by atoms with E-state index in [1.165, 1.54) is 51.4 Å². The summed E-state index contributed by atoms with van der Waals surface area (Å²) in [6.07, 6.45) is 24.8. The Morgan fingerprint density at radius 3 is 1.39 bits per heavy atom. The highest BCUT2D eigenvalue weighted by molar-refractivity contribution is 7.58. The molecule has 0 aromatic heterocycles. The molecule has 1 aliphatic carbocycles. The summed E-state index contributed by atoms with van der Waals surface area (Å²) in [4.78, 5) is 0. The van der Waals surface area contributed by atoms with Gasteiger partial charge in [0.1, 0.15) is 0 Å². The van der Waals surface area contributed by atoms with E-state index in [2.05, 4.69) is 0 Å². The van der Waals surface area contributed by atoms with Gasteiger partial charge in [0.2, 0.25) is 0 Å². The zero-order valence-corrected chi connectivity index (χ0v) is 13.2. The Morgan fingerprint density at radius 2 is 0.889 bits per heavy atom. The van der Waals surface area contributed by atoms with E-state index in [0.717, 1.165) is 5.66 Å². The van der Waals surface area contributed by atoms with Crippen molar-refractivity contribution in [2.75, 3.05) is 12.3 Å². The van der Waals surface area contributed by atoms with Crippen molar-refractivity contribution >= 4 is 7.92 Å². The monoisotopic (exact) mass is 270 g/mol. The van der Waals surface area contributed by atoms with E-state index in [0.29, 0.717) is 7.92 Å². The lowest BCUT2D eigenvalue weighted by molar-refractivity contribution is 0.624. The summed E-state index contributed by atoms with van der Waals surface area (Å²) in [5, 5.41) is 0. The molecule has 2 rings (SSSR count). The molecule has 2 aliphatic rings. The SMILES string of the molecule is C1CCCCC(P2CCCCCCCC2)CCC1.[HH]. The molecule has 1 heterocycles. The standard InChI is InChI=1S/C17H33P.H2/c1-2-6-10-14-17(13-9-5-1)18-15-11-7-3-4-8-12-16-18;/h17H,1-16H2;1H. The molecular weight excluding hydrogens is 235 g/mol. The molecule has 0 unspecified atom stereocenters. The largest absolute Gasteiger partial charge is 0.104 e. The topological polar surface area (TPSA) is 0 Å². The molecule has 1 aliphatic heterocycles. The first kappa shape index (κ1) is 14.8. The molecule has 1 saturated carbocycles. The van der Waals surface area contributed by atoms with Crippen molar-refractivity contribution < 1.29 is 1.43 Å². The quantitative estimate of drug-likeness (QED) is 0.472. The average molecular weight is 270 g/mol. The minimum Gasteiger partial charge on any atom is -0.104 e. The predicted molar refractivity (Wildman–Crippen MR) is 87.2 cm³/mol. The third-order valence-electron chi connectivity index (χ3n) is 4.98. The number of hydrogen-bond acceptors (Lipinski definition) is 0. The van der Waals surface area contributed by atoms with Gasteiger partial charge in [0.05, 0.1) is 0 Å². The van der Waals surface area contributed by atoms with Crippen LogP contribution in [0, 0.1) is 0 Å². The summed E-state index contributed by atoms with van der Waals surface area (Å²) in [5.74, 6) is 0. The van der Waals surface area contributed by atoms with Gasteiger partial charge in [0.15, 0.2) is 0 Å². The molecule has 0 N–H and O–H groups in total. The van der Waals surface area contributed by atoms with E-state index in [9.17, 15) is 0 Å². The summed E-state index contributed by atoms with van der Waals surface area (Å²) >= 11 is 0. The second kappa shape index (κ2) is 9.35. The molecule has 0 aromatic rings. The lowest BCUT2D eigenvalue weighted by Crippen LogP contribution is -2.10. The summed E-state index contributed by atoms with van der Waals surface area (Å²) < 4.78 is 0. The first-order chi connectivity index (χ1) is 8.97. The van der Waals surface area contributed by atoms with Crippen LogP contribution in [-0.4, -0.2) is 18.0 Å². The maximum absolute atomic E-state index is 1.62. The molecule has 108 valence electrons.